The van der Waals surface area contributed by atoms with Gasteiger partial charge in [0.25, 0.3) is 0 Å². The quantitative estimate of drug-likeness (QED) is 0.641. The van der Waals surface area contributed by atoms with Crippen LogP contribution >= 0.6 is 0 Å². The van der Waals surface area contributed by atoms with E-state index in [2.05, 4.69) is 17.2 Å². The van der Waals surface area contributed by atoms with Crippen LogP contribution in [0.5, 0.6) is 0 Å². The van der Waals surface area contributed by atoms with Gasteiger partial charge in [0.1, 0.15) is 12.5 Å². The van der Waals surface area contributed by atoms with Crippen molar-refractivity contribution in [2.24, 2.45) is 5.92 Å². The summed E-state index contributed by atoms with van der Waals surface area (Å²) in [6.07, 6.45) is 0. The van der Waals surface area contributed by atoms with Crippen LogP contribution in [0.25, 0.3) is 0 Å². The fraction of sp³-hybridized carbons (Fsp3) is 0.375. The van der Waals surface area contributed by atoms with Gasteiger partial charge < -0.3 is 20.1 Å². The zero-order valence-corrected chi connectivity index (χ0v) is 12.7. The molecule has 2 amide bonds. The zero-order valence-electron chi connectivity index (χ0n) is 12.7. The maximum atomic E-state index is 12.4. The fourth-order valence-corrected chi connectivity index (χ4v) is 2.47. The zero-order chi connectivity index (χ0) is 16.1. The van der Waals surface area contributed by atoms with Crippen molar-refractivity contribution in [3.63, 3.8) is 0 Å². The van der Waals surface area contributed by atoms with Crippen molar-refractivity contribution in [1.82, 2.24) is 10.6 Å². The standard InChI is InChI=1S/C16H20N2O4/c1-10-6-4-5-7-12(10)14-13(11(2)17-16(20)18-14)15(19)22-9-8-21-3/h4-7,13-14H,2,8-9H2,1,3H3,(H2,17,18,20)/t13-,14+/m0/s1. The Balaban J connectivity index is 2.26. The first-order chi connectivity index (χ1) is 10.5. The van der Waals surface area contributed by atoms with Gasteiger partial charge in [0, 0.05) is 12.8 Å². The van der Waals surface area contributed by atoms with E-state index in [4.69, 9.17) is 9.47 Å². The summed E-state index contributed by atoms with van der Waals surface area (Å²) in [6.45, 7) is 6.21. The lowest BCUT2D eigenvalue weighted by Gasteiger charge is -2.34. The minimum Gasteiger partial charge on any atom is -0.463 e. The van der Waals surface area contributed by atoms with Gasteiger partial charge in [-0.25, -0.2) is 4.79 Å². The van der Waals surface area contributed by atoms with Crippen LogP contribution in [-0.2, 0) is 14.3 Å². The van der Waals surface area contributed by atoms with Crippen molar-refractivity contribution >= 4 is 12.0 Å². The number of benzene rings is 1. The van der Waals surface area contributed by atoms with Gasteiger partial charge in [-0.1, -0.05) is 30.8 Å². The van der Waals surface area contributed by atoms with Crippen LogP contribution < -0.4 is 10.6 Å². The Morgan fingerprint density at radius 3 is 2.73 bits per heavy atom. The van der Waals surface area contributed by atoms with E-state index in [0.717, 1.165) is 11.1 Å². The molecule has 0 bridgehead atoms. The molecule has 1 saturated heterocycles. The predicted molar refractivity (Wildman–Crippen MR) is 81.1 cm³/mol. The second-order valence-electron chi connectivity index (χ2n) is 5.10. The molecule has 2 rings (SSSR count). The second kappa shape index (κ2) is 7.09. The molecular weight excluding hydrogens is 284 g/mol. The molecule has 1 aromatic rings. The SMILES string of the molecule is C=C1NC(=O)N[C@H](c2ccccc2C)[C@H]1C(=O)OCCOC. The van der Waals surface area contributed by atoms with Crippen LogP contribution in [0.1, 0.15) is 17.2 Å². The van der Waals surface area contributed by atoms with Gasteiger partial charge in [-0.05, 0) is 18.1 Å². The third-order valence-corrected chi connectivity index (χ3v) is 3.58. The smallest absolute Gasteiger partial charge is 0.319 e. The average Bonchev–Trinajstić information content (AvgIpc) is 2.47. The number of nitrogens with one attached hydrogen (secondary N) is 2. The number of urea groups is 1. The first kappa shape index (κ1) is 16.0. The summed E-state index contributed by atoms with van der Waals surface area (Å²) in [4.78, 5) is 24.1. The lowest BCUT2D eigenvalue weighted by molar-refractivity contribution is -0.149. The van der Waals surface area contributed by atoms with Gasteiger partial charge in [0.2, 0.25) is 0 Å². The molecule has 6 heteroatoms. The molecule has 0 spiro atoms. The molecule has 22 heavy (non-hydrogen) atoms. The summed E-state index contributed by atoms with van der Waals surface area (Å²) in [7, 11) is 1.53. The van der Waals surface area contributed by atoms with Gasteiger partial charge in [-0.15, -0.1) is 0 Å². The maximum Gasteiger partial charge on any atom is 0.319 e. The van der Waals surface area contributed by atoms with Crippen LogP contribution in [0.4, 0.5) is 4.79 Å². The summed E-state index contributed by atoms with van der Waals surface area (Å²) in [6, 6.07) is 6.71. The number of hydrogen-bond acceptors (Lipinski definition) is 4. The van der Waals surface area contributed by atoms with Crippen molar-refractivity contribution in [2.45, 2.75) is 13.0 Å². The van der Waals surface area contributed by atoms with Crippen molar-refractivity contribution in [1.29, 1.82) is 0 Å². The van der Waals surface area contributed by atoms with Crippen LogP contribution in [0, 0.1) is 12.8 Å². The topological polar surface area (TPSA) is 76.7 Å². The monoisotopic (exact) mass is 304 g/mol. The van der Waals surface area contributed by atoms with Gasteiger partial charge in [0.15, 0.2) is 0 Å². The summed E-state index contributed by atoms with van der Waals surface area (Å²) < 4.78 is 10.1. The molecule has 118 valence electrons. The van der Waals surface area contributed by atoms with E-state index in [9.17, 15) is 9.59 Å². The van der Waals surface area contributed by atoms with E-state index >= 15 is 0 Å². The molecule has 0 aromatic heterocycles. The number of methoxy groups -OCH3 is 1. The van der Waals surface area contributed by atoms with E-state index < -0.39 is 17.9 Å². The van der Waals surface area contributed by atoms with E-state index in [-0.39, 0.29) is 12.6 Å². The number of carbonyl (C=O) groups is 2. The Hall–Kier alpha value is -2.34. The van der Waals surface area contributed by atoms with Crippen molar-refractivity contribution < 1.29 is 19.1 Å². The molecule has 2 atom stereocenters. The van der Waals surface area contributed by atoms with Gasteiger partial charge >= 0.3 is 12.0 Å². The molecular formula is C16H20N2O4. The Labute approximate surface area is 129 Å². The summed E-state index contributed by atoms with van der Waals surface area (Å²) >= 11 is 0. The molecule has 6 nitrogen and oxygen atoms in total. The lowest BCUT2D eigenvalue weighted by Crippen LogP contribution is -2.51. The third kappa shape index (κ3) is 3.46. The minimum atomic E-state index is -0.685. The molecule has 2 N–H and O–H groups in total. The molecule has 0 unspecified atom stereocenters. The number of amides is 2. The van der Waals surface area contributed by atoms with Crippen LogP contribution in [-0.4, -0.2) is 32.3 Å². The highest BCUT2D eigenvalue weighted by Gasteiger charge is 2.39. The largest absolute Gasteiger partial charge is 0.463 e. The van der Waals surface area contributed by atoms with E-state index in [1.54, 1.807) is 0 Å². The molecule has 0 radical (unpaired) electrons. The Morgan fingerprint density at radius 2 is 2.05 bits per heavy atom. The molecule has 0 saturated carbocycles. The van der Waals surface area contributed by atoms with Crippen LogP contribution in [0.2, 0.25) is 0 Å². The Morgan fingerprint density at radius 1 is 1.32 bits per heavy atom. The summed E-state index contributed by atoms with van der Waals surface area (Å²) in [5, 5.41) is 5.33. The number of hydrogen-bond donors (Lipinski definition) is 2. The fourth-order valence-electron chi connectivity index (χ4n) is 2.47. The minimum absolute atomic E-state index is 0.160. The second-order valence-corrected chi connectivity index (χ2v) is 5.10. The average molecular weight is 304 g/mol. The number of aryl methyl sites for hydroxylation is 1. The number of esters is 1. The summed E-state index contributed by atoms with van der Waals surface area (Å²) in [5.74, 6) is -1.13. The first-order valence-corrected chi connectivity index (χ1v) is 7.02. The molecule has 1 heterocycles. The lowest BCUT2D eigenvalue weighted by atomic mass is 9.87. The van der Waals surface area contributed by atoms with Crippen molar-refractivity contribution in [3.05, 3.63) is 47.7 Å². The van der Waals surface area contributed by atoms with Gasteiger partial charge in [-0.2, -0.15) is 0 Å². The summed E-state index contributed by atoms with van der Waals surface area (Å²) in [5.41, 5.74) is 2.18. The molecule has 1 aliphatic rings. The Kier molecular flexibility index (Phi) is 5.16. The Bertz CT molecular complexity index is 585. The molecule has 0 aliphatic carbocycles. The van der Waals surface area contributed by atoms with E-state index in [1.807, 2.05) is 31.2 Å². The molecule has 1 aromatic carbocycles. The molecule has 1 fully saturated rings. The highest BCUT2D eigenvalue weighted by atomic mass is 16.6. The van der Waals surface area contributed by atoms with E-state index in [0.29, 0.717) is 12.3 Å². The predicted octanol–water partition coefficient (Wildman–Crippen LogP) is 1.67. The van der Waals surface area contributed by atoms with Crippen LogP contribution in [0.15, 0.2) is 36.5 Å². The van der Waals surface area contributed by atoms with Gasteiger partial charge in [0.05, 0.1) is 12.6 Å². The van der Waals surface area contributed by atoms with Crippen LogP contribution in [0.3, 0.4) is 0 Å². The normalized spacial score (nSPS) is 21.0. The highest BCUT2D eigenvalue weighted by molar-refractivity contribution is 5.85. The van der Waals surface area contributed by atoms with Gasteiger partial charge in [-0.3, -0.25) is 4.79 Å². The van der Waals surface area contributed by atoms with Crippen molar-refractivity contribution in [2.75, 3.05) is 20.3 Å². The highest BCUT2D eigenvalue weighted by Crippen LogP contribution is 2.31. The first-order valence-electron chi connectivity index (χ1n) is 7.02. The third-order valence-electron chi connectivity index (χ3n) is 3.58. The maximum absolute atomic E-state index is 12.4. The number of carbonyl (C=O) groups excluding carboxylic acids is 2. The number of ether oxygens (including phenoxy) is 2. The molecule has 1 aliphatic heterocycles. The van der Waals surface area contributed by atoms with E-state index in [1.165, 1.54) is 7.11 Å². The van der Waals surface area contributed by atoms with Crippen molar-refractivity contribution in [3.8, 4) is 0 Å². The number of rotatable bonds is 5.